The molecule has 1 N–H and O–H groups in total. The minimum atomic E-state index is -0.727. The predicted molar refractivity (Wildman–Crippen MR) is 70.2 cm³/mol. The predicted octanol–water partition coefficient (Wildman–Crippen LogP) is 2.53. The van der Waals surface area contributed by atoms with Crippen molar-refractivity contribution in [2.45, 2.75) is 52.4 Å². The van der Waals surface area contributed by atoms with Crippen molar-refractivity contribution in [1.29, 1.82) is 0 Å². The third kappa shape index (κ3) is 5.07. The highest BCUT2D eigenvalue weighted by Crippen LogP contribution is 2.22. The molecule has 1 rings (SSSR count). The molecule has 0 aromatic rings. The van der Waals surface area contributed by atoms with Gasteiger partial charge in [-0.2, -0.15) is 0 Å². The van der Waals surface area contributed by atoms with Crippen LogP contribution in [0.4, 0.5) is 0 Å². The van der Waals surface area contributed by atoms with E-state index in [-0.39, 0.29) is 12.3 Å². The summed E-state index contributed by atoms with van der Waals surface area (Å²) in [5, 5.41) is 8.74. The zero-order valence-corrected chi connectivity index (χ0v) is 11.5. The Hall–Kier alpha value is -1.06. The number of rotatable bonds is 7. The van der Waals surface area contributed by atoms with Crippen LogP contribution in [0.1, 0.15) is 52.4 Å². The van der Waals surface area contributed by atoms with Crippen molar-refractivity contribution in [3.8, 4) is 0 Å². The van der Waals surface area contributed by atoms with E-state index in [1.54, 1.807) is 0 Å². The molecule has 1 unspecified atom stereocenters. The van der Waals surface area contributed by atoms with Gasteiger partial charge in [0.05, 0.1) is 0 Å². The highest BCUT2D eigenvalue weighted by atomic mass is 16.4. The zero-order chi connectivity index (χ0) is 13.5. The topological polar surface area (TPSA) is 57.6 Å². The van der Waals surface area contributed by atoms with Gasteiger partial charge in [-0.25, -0.2) is 0 Å². The van der Waals surface area contributed by atoms with Crippen LogP contribution in [0.25, 0.3) is 0 Å². The van der Waals surface area contributed by atoms with Crippen LogP contribution in [0.2, 0.25) is 0 Å². The molecule has 1 heterocycles. The molecule has 1 aliphatic heterocycles. The minimum absolute atomic E-state index is 0.233. The van der Waals surface area contributed by atoms with Crippen LogP contribution in [-0.2, 0) is 9.59 Å². The van der Waals surface area contributed by atoms with Gasteiger partial charge in [0.1, 0.15) is 0 Å². The monoisotopic (exact) mass is 255 g/mol. The number of carboxylic acid groups (broad SMARTS) is 1. The molecule has 0 spiro atoms. The first-order valence-electron chi connectivity index (χ1n) is 7.00. The summed E-state index contributed by atoms with van der Waals surface area (Å²) in [6.45, 7) is 5.93. The molecule has 1 aliphatic rings. The van der Waals surface area contributed by atoms with E-state index in [4.69, 9.17) is 5.11 Å². The van der Waals surface area contributed by atoms with Crippen molar-refractivity contribution in [3.05, 3.63) is 0 Å². The second-order valence-electron chi connectivity index (χ2n) is 5.56. The molecule has 0 radical (unpaired) electrons. The maximum absolute atomic E-state index is 11.7. The average Bonchev–Trinajstić information content (AvgIpc) is 2.30. The Kier molecular flexibility index (Phi) is 6.16. The Morgan fingerprint density at radius 1 is 1.33 bits per heavy atom. The van der Waals surface area contributed by atoms with E-state index in [0.29, 0.717) is 18.3 Å². The van der Waals surface area contributed by atoms with Crippen molar-refractivity contribution >= 4 is 11.9 Å². The van der Waals surface area contributed by atoms with E-state index >= 15 is 0 Å². The summed E-state index contributed by atoms with van der Waals surface area (Å²) in [6, 6.07) is 0. The summed E-state index contributed by atoms with van der Waals surface area (Å²) in [7, 11) is 0. The van der Waals surface area contributed by atoms with Crippen LogP contribution in [0.15, 0.2) is 0 Å². The number of likely N-dealkylation sites (tertiary alicyclic amines) is 1. The van der Waals surface area contributed by atoms with Gasteiger partial charge in [0.25, 0.3) is 0 Å². The lowest BCUT2D eigenvalue weighted by Crippen LogP contribution is -2.37. The summed E-state index contributed by atoms with van der Waals surface area (Å²) >= 11 is 0. The first kappa shape index (κ1) is 15.0. The Morgan fingerprint density at radius 3 is 2.61 bits per heavy atom. The number of aliphatic carboxylic acids is 1. The maximum Gasteiger partial charge on any atom is 0.303 e. The minimum Gasteiger partial charge on any atom is -0.481 e. The van der Waals surface area contributed by atoms with Crippen molar-refractivity contribution in [3.63, 3.8) is 0 Å². The quantitative estimate of drug-likeness (QED) is 0.760. The van der Waals surface area contributed by atoms with E-state index in [1.165, 1.54) is 0 Å². The number of nitrogens with zero attached hydrogens (tertiary/aromatic N) is 1. The Bertz CT molecular complexity index is 289. The summed E-state index contributed by atoms with van der Waals surface area (Å²) in [5.41, 5.74) is 0. The van der Waals surface area contributed by atoms with Gasteiger partial charge in [-0.3, -0.25) is 9.59 Å². The molecule has 18 heavy (non-hydrogen) atoms. The third-order valence-electron chi connectivity index (χ3n) is 3.86. The SMILES string of the molecule is CC(C)C(CCC(=O)O)CCN1CCCCC1=O. The molecule has 104 valence electrons. The molecular weight excluding hydrogens is 230 g/mol. The van der Waals surface area contributed by atoms with Crippen LogP contribution in [0.5, 0.6) is 0 Å². The summed E-state index contributed by atoms with van der Waals surface area (Å²) in [4.78, 5) is 24.2. The number of piperidine rings is 1. The largest absolute Gasteiger partial charge is 0.481 e. The highest BCUT2D eigenvalue weighted by molar-refractivity contribution is 5.76. The molecule has 1 atom stereocenters. The smallest absolute Gasteiger partial charge is 0.303 e. The van der Waals surface area contributed by atoms with Crippen LogP contribution in [-0.4, -0.2) is 35.0 Å². The van der Waals surface area contributed by atoms with Crippen molar-refractivity contribution < 1.29 is 14.7 Å². The fourth-order valence-corrected chi connectivity index (χ4v) is 2.54. The Labute approximate surface area is 109 Å². The van der Waals surface area contributed by atoms with E-state index in [0.717, 1.165) is 38.8 Å². The lowest BCUT2D eigenvalue weighted by Gasteiger charge is -2.29. The maximum atomic E-state index is 11.7. The van der Waals surface area contributed by atoms with Gasteiger partial charge in [-0.1, -0.05) is 13.8 Å². The number of carboxylic acids is 1. The van der Waals surface area contributed by atoms with Crippen molar-refractivity contribution in [1.82, 2.24) is 4.90 Å². The Balaban J connectivity index is 2.36. The Morgan fingerprint density at radius 2 is 2.06 bits per heavy atom. The van der Waals surface area contributed by atoms with Gasteiger partial charge < -0.3 is 10.0 Å². The molecule has 0 aromatic heterocycles. The molecular formula is C14H25NO3. The van der Waals surface area contributed by atoms with Gasteiger partial charge in [-0.05, 0) is 37.5 Å². The molecule has 0 aliphatic carbocycles. The van der Waals surface area contributed by atoms with Crippen molar-refractivity contribution in [2.24, 2.45) is 11.8 Å². The van der Waals surface area contributed by atoms with Crippen LogP contribution >= 0.6 is 0 Å². The van der Waals surface area contributed by atoms with Gasteiger partial charge in [0.15, 0.2) is 0 Å². The lowest BCUT2D eigenvalue weighted by molar-refractivity contribution is -0.138. The number of hydrogen-bond donors (Lipinski definition) is 1. The molecule has 4 nitrogen and oxygen atoms in total. The van der Waals surface area contributed by atoms with Crippen molar-refractivity contribution in [2.75, 3.05) is 13.1 Å². The van der Waals surface area contributed by atoms with Gasteiger partial charge in [0, 0.05) is 25.9 Å². The molecule has 1 amide bonds. The molecule has 0 aromatic carbocycles. The second kappa shape index (κ2) is 7.39. The second-order valence-corrected chi connectivity index (χ2v) is 5.56. The average molecular weight is 255 g/mol. The number of carbonyl (C=O) groups is 2. The number of hydrogen-bond acceptors (Lipinski definition) is 2. The number of amides is 1. The van der Waals surface area contributed by atoms with E-state index < -0.39 is 5.97 Å². The highest BCUT2D eigenvalue weighted by Gasteiger charge is 2.21. The fourth-order valence-electron chi connectivity index (χ4n) is 2.54. The van der Waals surface area contributed by atoms with Gasteiger partial charge in [0.2, 0.25) is 5.91 Å². The first-order valence-corrected chi connectivity index (χ1v) is 7.00. The summed E-state index contributed by atoms with van der Waals surface area (Å²) in [6.07, 6.45) is 4.68. The van der Waals surface area contributed by atoms with E-state index in [1.807, 2.05) is 4.90 Å². The zero-order valence-electron chi connectivity index (χ0n) is 11.5. The molecule has 0 bridgehead atoms. The van der Waals surface area contributed by atoms with Gasteiger partial charge in [-0.15, -0.1) is 0 Å². The molecule has 1 fully saturated rings. The normalized spacial score (nSPS) is 18.2. The summed E-state index contributed by atoms with van der Waals surface area (Å²) in [5.74, 6) is 0.414. The van der Waals surface area contributed by atoms with Crippen LogP contribution < -0.4 is 0 Å². The fraction of sp³-hybridized carbons (Fsp3) is 0.857. The first-order chi connectivity index (χ1) is 8.50. The standard InChI is InChI=1S/C14H25NO3/c1-11(2)12(6-7-14(17)18)8-10-15-9-4-3-5-13(15)16/h11-12H,3-10H2,1-2H3,(H,17,18). The molecule has 1 saturated heterocycles. The van der Waals surface area contributed by atoms with E-state index in [9.17, 15) is 9.59 Å². The third-order valence-corrected chi connectivity index (χ3v) is 3.86. The van der Waals surface area contributed by atoms with Crippen LogP contribution in [0.3, 0.4) is 0 Å². The lowest BCUT2D eigenvalue weighted by atomic mass is 9.88. The number of carbonyl (C=O) groups excluding carboxylic acids is 1. The summed E-state index contributed by atoms with van der Waals surface area (Å²) < 4.78 is 0. The molecule has 4 heteroatoms. The van der Waals surface area contributed by atoms with Crippen LogP contribution in [0, 0.1) is 11.8 Å². The van der Waals surface area contributed by atoms with Gasteiger partial charge >= 0.3 is 5.97 Å². The molecule has 0 saturated carbocycles. The van der Waals surface area contributed by atoms with E-state index in [2.05, 4.69) is 13.8 Å².